The molecule has 0 unspecified atom stereocenters. The second-order valence-corrected chi connectivity index (χ2v) is 9.42. The summed E-state index contributed by atoms with van der Waals surface area (Å²) in [6.45, 7) is 0.466. The Balaban J connectivity index is 1.59. The molecule has 30 heavy (non-hydrogen) atoms. The Kier molecular flexibility index (Phi) is 6.74. The Bertz CT molecular complexity index is 1000. The fourth-order valence-electron chi connectivity index (χ4n) is 3.28. The number of hydrogen-bond donors (Lipinski definition) is 1. The van der Waals surface area contributed by atoms with Crippen LogP contribution in [0.4, 0.5) is 13.2 Å². The van der Waals surface area contributed by atoms with Gasteiger partial charge in [0.05, 0.1) is 10.5 Å². The smallest absolute Gasteiger partial charge is 0.352 e. The lowest BCUT2D eigenvalue weighted by Gasteiger charge is -2.30. The van der Waals surface area contributed by atoms with Crippen molar-refractivity contribution >= 4 is 27.5 Å². The Morgan fingerprint density at radius 3 is 2.33 bits per heavy atom. The summed E-state index contributed by atoms with van der Waals surface area (Å²) in [6.07, 6.45) is -4.03. The molecule has 5 nitrogen and oxygen atoms in total. The summed E-state index contributed by atoms with van der Waals surface area (Å²) in [5.41, 5.74) is -0.127. The monoisotopic (exact) mass is 460 g/mol. The Hall–Kier alpha value is -2.10. The first-order chi connectivity index (χ1) is 14.1. The van der Waals surface area contributed by atoms with Crippen LogP contribution in [0, 0.1) is 5.92 Å². The topological polar surface area (TPSA) is 66.5 Å². The number of carbonyl (C=O) groups is 1. The number of sulfonamides is 1. The molecule has 0 saturated carbocycles. The van der Waals surface area contributed by atoms with Gasteiger partial charge in [0, 0.05) is 30.6 Å². The molecule has 2 aromatic carbocycles. The normalized spacial score (nSPS) is 16.4. The summed E-state index contributed by atoms with van der Waals surface area (Å²) in [4.78, 5) is 12.0. The predicted molar refractivity (Wildman–Crippen MR) is 106 cm³/mol. The van der Waals surface area contributed by atoms with Gasteiger partial charge in [-0.2, -0.15) is 17.5 Å². The highest BCUT2D eigenvalue weighted by molar-refractivity contribution is 7.89. The zero-order valence-corrected chi connectivity index (χ0v) is 17.4. The van der Waals surface area contributed by atoms with E-state index in [0.717, 1.165) is 28.1 Å². The van der Waals surface area contributed by atoms with Gasteiger partial charge in [0.25, 0.3) is 0 Å². The van der Waals surface area contributed by atoms with Gasteiger partial charge in [0.2, 0.25) is 15.9 Å². The number of hydrogen-bond acceptors (Lipinski definition) is 3. The van der Waals surface area contributed by atoms with Gasteiger partial charge in [-0.25, -0.2) is 8.42 Å². The maximum atomic E-state index is 12.9. The number of amides is 1. The van der Waals surface area contributed by atoms with Crippen LogP contribution in [0.5, 0.6) is 0 Å². The molecule has 162 valence electrons. The van der Waals surface area contributed by atoms with E-state index in [0.29, 0.717) is 30.5 Å². The SMILES string of the molecule is O=C(NCc1ccc(Cl)cc1)C1CCN(S(=O)(=O)c2cccc(C(F)(F)F)c2)CC1. The average Bonchev–Trinajstić information content (AvgIpc) is 2.72. The van der Waals surface area contributed by atoms with Crippen molar-refractivity contribution in [1.29, 1.82) is 0 Å². The summed E-state index contributed by atoms with van der Waals surface area (Å²) < 4.78 is 65.3. The number of alkyl halides is 3. The number of piperidine rings is 1. The van der Waals surface area contributed by atoms with Gasteiger partial charge in [0.15, 0.2) is 0 Å². The number of rotatable bonds is 5. The second kappa shape index (κ2) is 8.95. The highest BCUT2D eigenvalue weighted by Gasteiger charge is 2.35. The summed E-state index contributed by atoms with van der Waals surface area (Å²) in [5.74, 6) is -0.536. The van der Waals surface area contributed by atoms with Crippen molar-refractivity contribution in [1.82, 2.24) is 9.62 Å². The molecule has 0 aliphatic carbocycles. The molecule has 1 saturated heterocycles. The van der Waals surface area contributed by atoms with Crippen molar-refractivity contribution in [3.63, 3.8) is 0 Å². The molecule has 1 heterocycles. The molecule has 0 aromatic heterocycles. The first-order valence-electron chi connectivity index (χ1n) is 9.27. The van der Waals surface area contributed by atoms with Crippen LogP contribution in [0.25, 0.3) is 0 Å². The van der Waals surface area contributed by atoms with Crippen molar-refractivity contribution < 1.29 is 26.4 Å². The third-order valence-corrected chi connectivity index (χ3v) is 7.15. The largest absolute Gasteiger partial charge is 0.416 e. The first kappa shape index (κ1) is 22.6. The molecular weight excluding hydrogens is 441 g/mol. The van der Waals surface area contributed by atoms with Gasteiger partial charge in [-0.1, -0.05) is 29.8 Å². The molecule has 1 amide bonds. The van der Waals surface area contributed by atoms with E-state index in [1.807, 2.05) is 0 Å². The summed E-state index contributed by atoms with van der Waals surface area (Å²) in [7, 11) is -4.06. The minimum atomic E-state index is -4.62. The van der Waals surface area contributed by atoms with Crippen molar-refractivity contribution in [2.75, 3.05) is 13.1 Å². The molecule has 1 aliphatic rings. The Labute approximate surface area is 177 Å². The lowest BCUT2D eigenvalue weighted by atomic mass is 9.97. The fourth-order valence-corrected chi connectivity index (χ4v) is 4.92. The van der Waals surface area contributed by atoms with Gasteiger partial charge in [-0.15, -0.1) is 0 Å². The number of carbonyl (C=O) groups excluding carboxylic acids is 1. The summed E-state index contributed by atoms with van der Waals surface area (Å²) in [5, 5.41) is 3.42. The molecular formula is C20H20ClF3N2O3S. The van der Waals surface area contributed by atoms with Crippen LogP contribution in [0.15, 0.2) is 53.4 Å². The van der Waals surface area contributed by atoms with E-state index in [4.69, 9.17) is 11.6 Å². The van der Waals surface area contributed by atoms with Crippen molar-refractivity contribution in [3.8, 4) is 0 Å². The van der Waals surface area contributed by atoms with E-state index >= 15 is 0 Å². The summed E-state index contributed by atoms with van der Waals surface area (Å²) >= 11 is 5.82. The number of nitrogens with one attached hydrogen (secondary N) is 1. The van der Waals surface area contributed by atoms with Crippen LogP contribution in [0.1, 0.15) is 24.0 Å². The molecule has 0 radical (unpaired) electrons. The van der Waals surface area contributed by atoms with E-state index in [1.54, 1.807) is 24.3 Å². The predicted octanol–water partition coefficient (Wildman–Crippen LogP) is 4.08. The van der Waals surface area contributed by atoms with Crippen LogP contribution < -0.4 is 5.32 Å². The van der Waals surface area contributed by atoms with Crippen LogP contribution in [0.3, 0.4) is 0 Å². The van der Waals surface area contributed by atoms with Crippen LogP contribution >= 0.6 is 11.6 Å². The molecule has 0 spiro atoms. The maximum Gasteiger partial charge on any atom is 0.416 e. The Morgan fingerprint density at radius 1 is 1.10 bits per heavy atom. The molecule has 3 rings (SSSR count). The Morgan fingerprint density at radius 2 is 1.73 bits per heavy atom. The van der Waals surface area contributed by atoms with Gasteiger partial charge >= 0.3 is 6.18 Å². The molecule has 2 aromatic rings. The third-order valence-electron chi connectivity index (χ3n) is 5.00. The number of halogens is 4. The van der Waals surface area contributed by atoms with Crippen molar-refractivity contribution in [3.05, 3.63) is 64.7 Å². The molecule has 1 fully saturated rings. The zero-order valence-electron chi connectivity index (χ0n) is 15.8. The van der Waals surface area contributed by atoms with Gasteiger partial charge in [-0.05, 0) is 48.7 Å². The van der Waals surface area contributed by atoms with E-state index < -0.39 is 26.7 Å². The first-order valence-corrected chi connectivity index (χ1v) is 11.1. The second-order valence-electron chi connectivity index (χ2n) is 7.05. The van der Waals surface area contributed by atoms with Crippen LogP contribution in [-0.2, 0) is 27.5 Å². The molecule has 0 bridgehead atoms. The highest BCUT2D eigenvalue weighted by Crippen LogP contribution is 2.32. The number of nitrogens with zero attached hydrogens (tertiary/aromatic N) is 1. The van der Waals surface area contributed by atoms with Gasteiger partial charge in [-0.3, -0.25) is 4.79 Å². The minimum absolute atomic E-state index is 0.0671. The van der Waals surface area contributed by atoms with Crippen LogP contribution in [-0.4, -0.2) is 31.7 Å². The van der Waals surface area contributed by atoms with Crippen molar-refractivity contribution in [2.45, 2.75) is 30.5 Å². The van der Waals surface area contributed by atoms with Gasteiger partial charge < -0.3 is 5.32 Å². The zero-order chi connectivity index (χ0) is 21.9. The van der Waals surface area contributed by atoms with Crippen molar-refractivity contribution in [2.24, 2.45) is 5.92 Å². The van der Waals surface area contributed by atoms with E-state index in [2.05, 4.69) is 5.32 Å². The lowest BCUT2D eigenvalue weighted by molar-refractivity contribution is -0.137. The molecule has 0 atom stereocenters. The van der Waals surface area contributed by atoms with E-state index in [9.17, 15) is 26.4 Å². The minimum Gasteiger partial charge on any atom is -0.352 e. The molecule has 10 heteroatoms. The third kappa shape index (κ3) is 5.33. The van der Waals surface area contributed by atoms with Gasteiger partial charge in [0.1, 0.15) is 0 Å². The molecule has 1 N–H and O–H groups in total. The van der Waals surface area contributed by atoms with E-state index in [-0.39, 0.29) is 24.9 Å². The van der Waals surface area contributed by atoms with E-state index in [1.165, 1.54) is 0 Å². The standard InChI is InChI=1S/C20H20ClF3N2O3S/c21-17-6-4-14(5-7-17)13-25-19(27)15-8-10-26(11-9-15)30(28,29)18-3-1-2-16(12-18)20(22,23)24/h1-7,12,15H,8-11,13H2,(H,25,27). The fraction of sp³-hybridized carbons (Fsp3) is 0.350. The molecule has 1 aliphatic heterocycles. The lowest BCUT2D eigenvalue weighted by Crippen LogP contribution is -2.42. The summed E-state index contributed by atoms with van der Waals surface area (Å²) in [6, 6.07) is 10.7. The highest BCUT2D eigenvalue weighted by atomic mass is 35.5. The average molecular weight is 461 g/mol. The maximum absolute atomic E-state index is 12.9. The quantitative estimate of drug-likeness (QED) is 0.731. The number of benzene rings is 2. The van der Waals surface area contributed by atoms with Crippen LogP contribution in [0.2, 0.25) is 5.02 Å².